The van der Waals surface area contributed by atoms with E-state index in [1.165, 1.54) is 6.26 Å². The Morgan fingerprint density at radius 1 is 1.32 bits per heavy atom. The minimum atomic E-state index is -0.922. The monoisotopic (exact) mass is 362 g/mol. The smallest absolute Gasteiger partial charge is 0.305 e. The van der Waals surface area contributed by atoms with Crippen LogP contribution in [0, 0.1) is 6.92 Å². The Morgan fingerprint density at radius 2 is 2.08 bits per heavy atom. The molecule has 0 atom stereocenters. The third kappa shape index (κ3) is 3.74. The maximum atomic E-state index is 12.6. The van der Waals surface area contributed by atoms with Crippen molar-refractivity contribution in [3.63, 3.8) is 0 Å². The fourth-order valence-electron chi connectivity index (χ4n) is 2.89. The van der Waals surface area contributed by atoms with Gasteiger partial charge >= 0.3 is 5.97 Å². The van der Waals surface area contributed by atoms with Gasteiger partial charge in [0.1, 0.15) is 0 Å². The summed E-state index contributed by atoms with van der Waals surface area (Å²) in [7, 11) is 0. The molecule has 1 aliphatic rings. The molecule has 0 aliphatic heterocycles. The molecule has 25 heavy (non-hydrogen) atoms. The van der Waals surface area contributed by atoms with Crippen molar-refractivity contribution < 1.29 is 23.9 Å². The van der Waals surface area contributed by atoms with E-state index in [0.29, 0.717) is 22.7 Å². The molecule has 0 radical (unpaired) electrons. The first kappa shape index (κ1) is 17.2. The van der Waals surface area contributed by atoms with E-state index in [9.17, 15) is 14.4 Å². The van der Waals surface area contributed by atoms with E-state index in [4.69, 9.17) is 9.52 Å². The van der Waals surface area contributed by atoms with Crippen LogP contribution in [0.4, 0.5) is 5.00 Å². The van der Waals surface area contributed by atoms with Crippen LogP contribution in [0.2, 0.25) is 0 Å². The summed E-state index contributed by atoms with van der Waals surface area (Å²) in [5.41, 5.74) is 0.0683. The Kier molecular flexibility index (Phi) is 4.63. The number of nitrogens with one attached hydrogen (secondary N) is 2. The Balaban J connectivity index is 1.70. The summed E-state index contributed by atoms with van der Waals surface area (Å²) in [5.74, 6) is -1.43. The molecule has 2 amide bonds. The molecule has 132 valence electrons. The number of carbonyl (C=O) groups excluding carboxylic acids is 2. The van der Waals surface area contributed by atoms with Crippen LogP contribution in [0.15, 0.2) is 28.9 Å². The third-order valence-electron chi connectivity index (χ3n) is 4.28. The first-order valence-corrected chi connectivity index (χ1v) is 8.70. The normalized spacial score (nSPS) is 15.2. The zero-order valence-corrected chi connectivity index (χ0v) is 14.4. The predicted octanol–water partition coefficient (Wildman–Crippen LogP) is 3.03. The number of rotatable bonds is 6. The van der Waals surface area contributed by atoms with Crippen LogP contribution in [0.25, 0.3) is 0 Å². The van der Waals surface area contributed by atoms with Crippen LogP contribution in [-0.2, 0) is 4.79 Å². The van der Waals surface area contributed by atoms with E-state index < -0.39 is 11.5 Å². The van der Waals surface area contributed by atoms with Gasteiger partial charge in [-0.05, 0) is 49.9 Å². The molecule has 0 aromatic carbocycles. The lowest BCUT2D eigenvalue weighted by atomic mass is 9.74. The van der Waals surface area contributed by atoms with Gasteiger partial charge in [-0.1, -0.05) is 0 Å². The maximum absolute atomic E-state index is 12.6. The van der Waals surface area contributed by atoms with Gasteiger partial charge in [0.25, 0.3) is 11.8 Å². The van der Waals surface area contributed by atoms with E-state index in [2.05, 4.69) is 10.6 Å². The molecule has 8 heteroatoms. The van der Waals surface area contributed by atoms with Gasteiger partial charge in [-0.15, -0.1) is 11.3 Å². The topological polar surface area (TPSA) is 109 Å². The van der Waals surface area contributed by atoms with Crippen molar-refractivity contribution in [2.75, 3.05) is 5.32 Å². The number of carboxylic acid groups (broad SMARTS) is 1. The summed E-state index contributed by atoms with van der Waals surface area (Å²) < 4.78 is 5.03. The summed E-state index contributed by atoms with van der Waals surface area (Å²) in [5, 5.41) is 15.1. The van der Waals surface area contributed by atoms with Gasteiger partial charge in [0.05, 0.1) is 28.1 Å². The third-order valence-corrected chi connectivity index (χ3v) is 5.44. The Bertz CT molecular complexity index is 805. The second kappa shape index (κ2) is 6.72. The van der Waals surface area contributed by atoms with Gasteiger partial charge in [0.2, 0.25) is 0 Å². The predicted molar refractivity (Wildman–Crippen MR) is 92.0 cm³/mol. The van der Waals surface area contributed by atoms with Gasteiger partial charge in [-0.2, -0.15) is 0 Å². The number of amides is 2. The minimum absolute atomic E-state index is 0.0781. The van der Waals surface area contributed by atoms with Crippen LogP contribution in [0.5, 0.6) is 0 Å². The number of furan rings is 1. The first-order valence-electron chi connectivity index (χ1n) is 7.88. The highest BCUT2D eigenvalue weighted by Gasteiger charge is 2.40. The lowest BCUT2D eigenvalue weighted by Crippen LogP contribution is -2.54. The Morgan fingerprint density at radius 3 is 2.64 bits per heavy atom. The zero-order valence-electron chi connectivity index (χ0n) is 13.6. The van der Waals surface area contributed by atoms with Crippen molar-refractivity contribution in [1.82, 2.24) is 5.32 Å². The van der Waals surface area contributed by atoms with E-state index in [0.717, 1.165) is 23.3 Å². The summed E-state index contributed by atoms with van der Waals surface area (Å²) in [6.07, 6.45) is 3.57. The van der Waals surface area contributed by atoms with Crippen molar-refractivity contribution >= 4 is 34.1 Å². The van der Waals surface area contributed by atoms with Crippen molar-refractivity contribution in [1.29, 1.82) is 0 Å². The standard InChI is InChI=1S/C17H18N2O5S/c1-10-8-12(18-15(22)11-4-2-7-24-11)25-14(10)16(23)19-17(5-3-6-17)9-13(20)21/h2,4,7-8H,3,5-6,9H2,1H3,(H,18,22)(H,19,23)(H,20,21). The number of hydrogen-bond acceptors (Lipinski definition) is 5. The molecule has 0 unspecified atom stereocenters. The maximum Gasteiger partial charge on any atom is 0.305 e. The highest BCUT2D eigenvalue weighted by Crippen LogP contribution is 2.36. The number of hydrogen-bond donors (Lipinski definition) is 3. The van der Waals surface area contributed by atoms with Crippen LogP contribution in [0.1, 0.15) is 51.5 Å². The van der Waals surface area contributed by atoms with Gasteiger partial charge in [-0.3, -0.25) is 14.4 Å². The van der Waals surface area contributed by atoms with E-state index in [1.807, 2.05) is 0 Å². The van der Waals surface area contributed by atoms with E-state index >= 15 is 0 Å². The Labute approximate surface area is 148 Å². The number of thiophene rings is 1. The van der Waals surface area contributed by atoms with Crippen LogP contribution < -0.4 is 10.6 Å². The molecule has 1 saturated carbocycles. The second-order valence-electron chi connectivity index (χ2n) is 6.21. The molecule has 0 bridgehead atoms. The highest BCUT2D eigenvalue weighted by molar-refractivity contribution is 7.18. The van der Waals surface area contributed by atoms with Crippen molar-refractivity contribution in [3.05, 3.63) is 40.7 Å². The van der Waals surface area contributed by atoms with Gasteiger partial charge < -0.3 is 20.2 Å². The second-order valence-corrected chi connectivity index (χ2v) is 7.26. The fraction of sp³-hybridized carbons (Fsp3) is 0.353. The summed E-state index contributed by atoms with van der Waals surface area (Å²) >= 11 is 1.15. The van der Waals surface area contributed by atoms with Crippen molar-refractivity contribution in [2.24, 2.45) is 0 Å². The van der Waals surface area contributed by atoms with Crippen LogP contribution in [0.3, 0.4) is 0 Å². The van der Waals surface area contributed by atoms with Crippen molar-refractivity contribution in [2.45, 2.75) is 38.1 Å². The average Bonchev–Trinajstić information content (AvgIpc) is 3.14. The Hall–Kier alpha value is -2.61. The molecule has 1 fully saturated rings. The van der Waals surface area contributed by atoms with Gasteiger partial charge in [-0.25, -0.2) is 0 Å². The molecule has 0 saturated heterocycles. The van der Waals surface area contributed by atoms with Crippen LogP contribution >= 0.6 is 11.3 Å². The molecular formula is C17H18N2O5S. The summed E-state index contributed by atoms with van der Waals surface area (Å²) in [6, 6.07) is 4.88. The minimum Gasteiger partial charge on any atom is -0.481 e. The summed E-state index contributed by atoms with van der Waals surface area (Å²) in [6.45, 7) is 1.78. The zero-order chi connectivity index (χ0) is 18.0. The SMILES string of the molecule is Cc1cc(NC(=O)c2ccco2)sc1C(=O)NC1(CC(=O)O)CCC1. The van der Waals surface area contributed by atoms with Crippen LogP contribution in [-0.4, -0.2) is 28.4 Å². The number of anilines is 1. The number of aryl methyl sites for hydroxylation is 1. The molecule has 1 aliphatic carbocycles. The molecule has 2 aromatic rings. The number of carboxylic acids is 1. The lowest BCUT2D eigenvalue weighted by Gasteiger charge is -2.41. The summed E-state index contributed by atoms with van der Waals surface area (Å²) in [4.78, 5) is 36.1. The largest absolute Gasteiger partial charge is 0.481 e. The average molecular weight is 362 g/mol. The highest BCUT2D eigenvalue weighted by atomic mass is 32.1. The molecule has 7 nitrogen and oxygen atoms in total. The molecule has 3 rings (SSSR count). The van der Waals surface area contributed by atoms with E-state index in [1.54, 1.807) is 25.1 Å². The molecule has 2 heterocycles. The number of carbonyl (C=O) groups is 3. The lowest BCUT2D eigenvalue weighted by molar-refractivity contribution is -0.139. The molecular weight excluding hydrogens is 344 g/mol. The van der Waals surface area contributed by atoms with Gasteiger partial charge in [0, 0.05) is 0 Å². The number of aliphatic carboxylic acids is 1. The first-order chi connectivity index (χ1) is 11.9. The van der Waals surface area contributed by atoms with Crippen molar-refractivity contribution in [3.8, 4) is 0 Å². The fourth-order valence-corrected chi connectivity index (χ4v) is 3.85. The molecule has 3 N–H and O–H groups in total. The van der Waals surface area contributed by atoms with E-state index in [-0.39, 0.29) is 24.0 Å². The molecule has 2 aromatic heterocycles. The molecule has 0 spiro atoms. The van der Waals surface area contributed by atoms with Gasteiger partial charge in [0.15, 0.2) is 5.76 Å². The quantitative estimate of drug-likeness (QED) is 0.732.